The van der Waals surface area contributed by atoms with Gasteiger partial charge in [-0.3, -0.25) is 9.59 Å². The first-order chi connectivity index (χ1) is 11.1. The number of hydrogen-bond acceptors (Lipinski definition) is 4. The van der Waals surface area contributed by atoms with Crippen LogP contribution in [0.3, 0.4) is 0 Å². The number of esters is 1. The fourth-order valence-corrected chi connectivity index (χ4v) is 2.92. The number of aryl methyl sites for hydroxylation is 1. The van der Waals surface area contributed by atoms with Crippen molar-refractivity contribution < 1.29 is 18.7 Å². The van der Waals surface area contributed by atoms with Crippen LogP contribution < -0.4 is 5.32 Å². The summed E-state index contributed by atoms with van der Waals surface area (Å²) in [6.45, 7) is 0. The average Bonchev–Trinajstić information content (AvgIpc) is 3.08. The minimum atomic E-state index is -0.386. The molecule has 1 N–H and O–H groups in total. The molecular weight excluding hydrogens is 317 g/mol. The lowest BCUT2D eigenvalue weighted by atomic mass is 10.1. The van der Waals surface area contributed by atoms with E-state index in [1.165, 1.54) is 30.6 Å². The van der Waals surface area contributed by atoms with Gasteiger partial charge in [-0.25, -0.2) is 4.39 Å². The van der Waals surface area contributed by atoms with Gasteiger partial charge in [-0.15, -0.1) is 11.3 Å². The quantitative estimate of drug-likeness (QED) is 0.790. The van der Waals surface area contributed by atoms with Crippen molar-refractivity contribution in [2.24, 2.45) is 0 Å². The number of thiophene rings is 1. The zero-order valence-corrected chi connectivity index (χ0v) is 13.6. The number of carbonyl (C=O) groups excluding carboxylic acids is 2. The molecule has 0 spiro atoms. The summed E-state index contributed by atoms with van der Waals surface area (Å²) in [5.41, 5.74) is 0.891. The number of carbonyl (C=O) groups is 2. The number of rotatable bonds is 7. The lowest BCUT2D eigenvalue weighted by Crippen LogP contribution is -2.30. The van der Waals surface area contributed by atoms with Crippen LogP contribution in [-0.4, -0.2) is 19.0 Å². The minimum absolute atomic E-state index is 0.0965. The zero-order chi connectivity index (χ0) is 16.7. The van der Waals surface area contributed by atoms with Crippen molar-refractivity contribution in [3.8, 4) is 0 Å². The number of methoxy groups -OCH3 is 1. The Labute approximate surface area is 138 Å². The van der Waals surface area contributed by atoms with Crippen LogP contribution in [0.1, 0.15) is 29.3 Å². The van der Waals surface area contributed by atoms with E-state index in [1.54, 1.807) is 12.1 Å². The largest absolute Gasteiger partial charge is 0.469 e. The van der Waals surface area contributed by atoms with E-state index in [-0.39, 0.29) is 36.6 Å². The van der Waals surface area contributed by atoms with Crippen LogP contribution in [0.25, 0.3) is 0 Å². The van der Waals surface area contributed by atoms with Gasteiger partial charge in [0.25, 0.3) is 0 Å². The third kappa shape index (κ3) is 5.49. The van der Waals surface area contributed by atoms with Crippen molar-refractivity contribution in [2.75, 3.05) is 7.11 Å². The number of ether oxygens (including phenoxy) is 1. The SMILES string of the molecule is COC(=O)CC(NC(=O)CCc1ccc(F)cc1)c1cccs1. The summed E-state index contributed by atoms with van der Waals surface area (Å²) in [5, 5.41) is 4.76. The molecule has 2 rings (SSSR count). The van der Waals surface area contributed by atoms with Crippen LogP contribution in [0.2, 0.25) is 0 Å². The molecule has 1 heterocycles. The van der Waals surface area contributed by atoms with Gasteiger partial charge in [0, 0.05) is 11.3 Å². The van der Waals surface area contributed by atoms with E-state index >= 15 is 0 Å². The van der Waals surface area contributed by atoms with Crippen LogP contribution in [0.15, 0.2) is 41.8 Å². The Balaban J connectivity index is 1.91. The lowest BCUT2D eigenvalue weighted by Gasteiger charge is -2.16. The second-order valence-electron chi connectivity index (χ2n) is 5.04. The number of amides is 1. The molecule has 0 fully saturated rings. The molecule has 1 atom stereocenters. The van der Waals surface area contributed by atoms with Crippen molar-refractivity contribution in [3.05, 3.63) is 58.0 Å². The molecule has 4 nitrogen and oxygen atoms in total. The van der Waals surface area contributed by atoms with Crippen molar-refractivity contribution in [2.45, 2.75) is 25.3 Å². The molecule has 6 heteroatoms. The van der Waals surface area contributed by atoms with Crippen molar-refractivity contribution in [1.29, 1.82) is 0 Å². The summed E-state index contributed by atoms with van der Waals surface area (Å²) >= 11 is 1.48. The number of halogens is 1. The van der Waals surface area contributed by atoms with Gasteiger partial charge < -0.3 is 10.1 Å². The van der Waals surface area contributed by atoms with Gasteiger partial charge in [0.15, 0.2) is 0 Å². The third-order valence-corrected chi connectivity index (χ3v) is 4.36. The molecule has 0 saturated carbocycles. The van der Waals surface area contributed by atoms with E-state index in [4.69, 9.17) is 0 Å². The van der Waals surface area contributed by atoms with Gasteiger partial charge in [-0.05, 0) is 35.6 Å². The minimum Gasteiger partial charge on any atom is -0.469 e. The molecule has 0 saturated heterocycles. The molecule has 0 radical (unpaired) electrons. The normalized spacial score (nSPS) is 11.7. The number of hydrogen-bond donors (Lipinski definition) is 1. The highest BCUT2D eigenvalue weighted by molar-refractivity contribution is 7.10. The van der Waals surface area contributed by atoms with Gasteiger partial charge >= 0.3 is 5.97 Å². The molecule has 1 aromatic heterocycles. The highest BCUT2D eigenvalue weighted by Crippen LogP contribution is 2.22. The van der Waals surface area contributed by atoms with Crippen LogP contribution >= 0.6 is 11.3 Å². The molecule has 23 heavy (non-hydrogen) atoms. The Morgan fingerprint density at radius 2 is 2.00 bits per heavy atom. The predicted octanol–water partition coefficient (Wildman–Crippen LogP) is 3.24. The van der Waals surface area contributed by atoms with E-state index in [1.807, 2.05) is 17.5 Å². The monoisotopic (exact) mass is 335 g/mol. The van der Waals surface area contributed by atoms with E-state index in [0.29, 0.717) is 6.42 Å². The van der Waals surface area contributed by atoms with Gasteiger partial charge in [0.1, 0.15) is 5.82 Å². The summed E-state index contributed by atoms with van der Waals surface area (Å²) < 4.78 is 17.5. The molecule has 2 aromatic rings. The van der Waals surface area contributed by atoms with Crippen molar-refractivity contribution >= 4 is 23.2 Å². The van der Waals surface area contributed by atoms with Gasteiger partial charge in [0.05, 0.1) is 19.6 Å². The first-order valence-corrected chi connectivity index (χ1v) is 8.10. The summed E-state index contributed by atoms with van der Waals surface area (Å²) in [7, 11) is 1.32. The van der Waals surface area contributed by atoms with Crippen LogP contribution in [-0.2, 0) is 20.7 Å². The maximum Gasteiger partial charge on any atom is 0.307 e. The Kier molecular flexibility index (Phi) is 6.29. The van der Waals surface area contributed by atoms with E-state index in [0.717, 1.165) is 10.4 Å². The first-order valence-electron chi connectivity index (χ1n) is 7.22. The highest BCUT2D eigenvalue weighted by atomic mass is 32.1. The fraction of sp³-hybridized carbons (Fsp3) is 0.294. The molecular formula is C17H18FNO3S. The summed E-state index contributed by atoms with van der Waals surface area (Å²) in [6, 6.07) is 9.43. The number of benzene rings is 1. The van der Waals surface area contributed by atoms with Crippen LogP contribution in [0.5, 0.6) is 0 Å². The van der Waals surface area contributed by atoms with Crippen molar-refractivity contribution in [3.63, 3.8) is 0 Å². The first kappa shape index (κ1) is 17.1. The molecule has 0 aliphatic rings. The Morgan fingerprint density at radius 3 is 2.61 bits per heavy atom. The molecule has 1 amide bonds. The van der Waals surface area contributed by atoms with Gasteiger partial charge in [0.2, 0.25) is 5.91 Å². The van der Waals surface area contributed by atoms with E-state index in [9.17, 15) is 14.0 Å². The number of nitrogens with one attached hydrogen (secondary N) is 1. The molecule has 1 unspecified atom stereocenters. The zero-order valence-electron chi connectivity index (χ0n) is 12.8. The lowest BCUT2D eigenvalue weighted by molar-refractivity contribution is -0.141. The van der Waals surface area contributed by atoms with Crippen LogP contribution in [0.4, 0.5) is 4.39 Å². The second kappa shape index (κ2) is 8.43. The summed E-state index contributed by atoms with van der Waals surface area (Å²) in [5.74, 6) is -0.826. The van der Waals surface area contributed by atoms with Crippen molar-refractivity contribution in [1.82, 2.24) is 5.32 Å². The Hall–Kier alpha value is -2.21. The predicted molar refractivity (Wildman–Crippen MR) is 86.6 cm³/mol. The smallest absolute Gasteiger partial charge is 0.307 e. The summed E-state index contributed by atoms with van der Waals surface area (Å²) in [6.07, 6.45) is 0.884. The van der Waals surface area contributed by atoms with E-state index in [2.05, 4.69) is 10.1 Å². The molecule has 1 aromatic carbocycles. The Bertz CT molecular complexity index is 640. The molecule has 0 aliphatic heterocycles. The average molecular weight is 335 g/mol. The molecule has 0 aliphatic carbocycles. The van der Waals surface area contributed by atoms with Gasteiger partial charge in [-0.1, -0.05) is 18.2 Å². The topological polar surface area (TPSA) is 55.4 Å². The van der Waals surface area contributed by atoms with Gasteiger partial charge in [-0.2, -0.15) is 0 Å². The Morgan fingerprint density at radius 1 is 1.26 bits per heavy atom. The maximum atomic E-state index is 12.8. The fourth-order valence-electron chi connectivity index (χ4n) is 2.14. The highest BCUT2D eigenvalue weighted by Gasteiger charge is 2.19. The summed E-state index contributed by atoms with van der Waals surface area (Å²) in [4.78, 5) is 24.5. The third-order valence-electron chi connectivity index (χ3n) is 3.37. The van der Waals surface area contributed by atoms with Crippen LogP contribution in [0, 0.1) is 5.82 Å². The molecule has 0 bridgehead atoms. The maximum absolute atomic E-state index is 12.8. The van der Waals surface area contributed by atoms with E-state index < -0.39 is 0 Å². The second-order valence-corrected chi connectivity index (χ2v) is 6.02. The standard InChI is InChI=1S/C17H18FNO3S/c1-22-17(21)11-14(15-3-2-10-23-15)19-16(20)9-6-12-4-7-13(18)8-5-12/h2-5,7-8,10,14H,6,9,11H2,1H3,(H,19,20). The molecule has 122 valence electrons.